The summed E-state index contributed by atoms with van der Waals surface area (Å²) in [6.07, 6.45) is -4.51. The minimum atomic E-state index is -4.90. The Morgan fingerprint density at radius 2 is 2.12 bits per heavy atom. The fourth-order valence-corrected chi connectivity index (χ4v) is 1.97. The molecular weight excluding hydrogens is 330 g/mol. The first kappa shape index (κ1) is 17.9. The largest absolute Gasteiger partial charge is 0.435 e. The Labute approximate surface area is 134 Å². The Morgan fingerprint density at radius 3 is 2.71 bits per heavy atom. The van der Waals surface area contributed by atoms with Crippen LogP contribution in [0.3, 0.4) is 0 Å². The van der Waals surface area contributed by atoms with Gasteiger partial charge >= 0.3 is 6.18 Å². The van der Waals surface area contributed by atoms with Crippen molar-refractivity contribution in [1.82, 2.24) is 20.3 Å². The smallest absolute Gasteiger partial charge is 0.351 e. The summed E-state index contributed by atoms with van der Waals surface area (Å²) in [4.78, 5) is 12.0. The van der Waals surface area contributed by atoms with Crippen molar-refractivity contribution in [3.63, 3.8) is 0 Å². The molecule has 1 aromatic heterocycles. The number of alkyl halides is 3. The van der Waals surface area contributed by atoms with Gasteiger partial charge in [-0.2, -0.15) is 13.2 Å². The molecule has 10 heteroatoms. The Kier molecular flexibility index (Phi) is 5.17. The van der Waals surface area contributed by atoms with Crippen molar-refractivity contribution in [3.8, 4) is 5.69 Å². The molecule has 2 aromatic rings. The van der Waals surface area contributed by atoms with Gasteiger partial charge in [0.25, 0.3) is 5.91 Å². The fraction of sp³-hybridized carbons (Fsp3) is 0.357. The zero-order valence-corrected chi connectivity index (χ0v) is 12.6. The highest BCUT2D eigenvalue weighted by molar-refractivity contribution is 5.93. The van der Waals surface area contributed by atoms with Gasteiger partial charge in [0.05, 0.1) is 5.69 Å². The summed E-state index contributed by atoms with van der Waals surface area (Å²) in [5, 5.41) is 8.98. The van der Waals surface area contributed by atoms with Crippen LogP contribution in [0.25, 0.3) is 5.69 Å². The van der Waals surface area contributed by atoms with Gasteiger partial charge in [-0.1, -0.05) is 11.3 Å². The molecule has 3 N–H and O–H groups in total. The molecule has 0 fully saturated rings. The van der Waals surface area contributed by atoms with E-state index in [9.17, 15) is 22.4 Å². The first-order valence-electron chi connectivity index (χ1n) is 7.02. The van der Waals surface area contributed by atoms with E-state index in [2.05, 4.69) is 15.6 Å². The van der Waals surface area contributed by atoms with Gasteiger partial charge in [0.2, 0.25) is 0 Å². The first-order valence-corrected chi connectivity index (χ1v) is 7.02. The van der Waals surface area contributed by atoms with E-state index in [1.54, 1.807) is 6.92 Å². The second-order valence-corrected chi connectivity index (χ2v) is 5.20. The number of hydrogen-bond acceptors (Lipinski definition) is 4. The molecule has 1 unspecified atom stereocenters. The minimum absolute atomic E-state index is 0.0978. The second-order valence-electron chi connectivity index (χ2n) is 5.20. The van der Waals surface area contributed by atoms with E-state index in [-0.39, 0.29) is 18.3 Å². The lowest BCUT2D eigenvalue weighted by Crippen LogP contribution is -2.31. The van der Waals surface area contributed by atoms with Gasteiger partial charge < -0.3 is 11.1 Å². The number of benzene rings is 1. The predicted octanol–water partition coefficient (Wildman–Crippen LogP) is 1.89. The maximum atomic E-state index is 13.3. The van der Waals surface area contributed by atoms with Crippen LogP contribution in [0.15, 0.2) is 24.3 Å². The van der Waals surface area contributed by atoms with Crippen molar-refractivity contribution in [2.45, 2.75) is 25.6 Å². The van der Waals surface area contributed by atoms with E-state index in [1.807, 2.05) is 0 Å². The third-order valence-corrected chi connectivity index (χ3v) is 3.09. The highest BCUT2D eigenvalue weighted by Gasteiger charge is 2.42. The number of carbonyl (C=O) groups excluding carboxylic acids is 1. The van der Waals surface area contributed by atoms with Crippen LogP contribution >= 0.6 is 0 Å². The standard InChI is InChI=1S/C14H15F4N5O/c1-8(19)5-6-20-13(24)11-12(14(16,17)18)23(22-21-11)10-4-2-3-9(15)7-10/h2-4,7-8H,5-6,19H2,1H3,(H,20,24). The van der Waals surface area contributed by atoms with Crippen LogP contribution in [0.1, 0.15) is 29.5 Å². The van der Waals surface area contributed by atoms with Crippen LogP contribution in [0.4, 0.5) is 17.6 Å². The third kappa shape index (κ3) is 4.07. The minimum Gasteiger partial charge on any atom is -0.351 e. The summed E-state index contributed by atoms with van der Waals surface area (Å²) >= 11 is 0. The number of nitrogens with one attached hydrogen (secondary N) is 1. The van der Waals surface area contributed by atoms with Crippen molar-refractivity contribution in [2.75, 3.05) is 6.54 Å². The normalized spacial score (nSPS) is 12.9. The van der Waals surface area contributed by atoms with Crippen LogP contribution < -0.4 is 11.1 Å². The van der Waals surface area contributed by atoms with Gasteiger partial charge in [-0.05, 0) is 31.5 Å². The molecule has 1 atom stereocenters. The van der Waals surface area contributed by atoms with E-state index in [0.717, 1.165) is 12.1 Å². The molecule has 0 bridgehead atoms. The number of amides is 1. The van der Waals surface area contributed by atoms with Crippen molar-refractivity contribution in [3.05, 3.63) is 41.5 Å². The van der Waals surface area contributed by atoms with Crippen molar-refractivity contribution < 1.29 is 22.4 Å². The first-order chi connectivity index (χ1) is 11.2. The van der Waals surface area contributed by atoms with Gasteiger partial charge in [-0.3, -0.25) is 4.79 Å². The van der Waals surface area contributed by atoms with Gasteiger partial charge in [0.15, 0.2) is 11.4 Å². The zero-order valence-electron chi connectivity index (χ0n) is 12.6. The summed E-state index contributed by atoms with van der Waals surface area (Å²) in [6, 6.07) is 4.19. The summed E-state index contributed by atoms with van der Waals surface area (Å²) in [5.41, 5.74) is 3.07. The molecule has 0 saturated heterocycles. The summed E-state index contributed by atoms with van der Waals surface area (Å²) in [6.45, 7) is 1.80. The molecule has 2 rings (SSSR count). The van der Waals surface area contributed by atoms with E-state index in [1.165, 1.54) is 12.1 Å². The topological polar surface area (TPSA) is 85.8 Å². The predicted molar refractivity (Wildman–Crippen MR) is 76.9 cm³/mol. The molecule has 1 aromatic carbocycles. The van der Waals surface area contributed by atoms with E-state index < -0.39 is 29.3 Å². The average molecular weight is 345 g/mol. The lowest BCUT2D eigenvalue weighted by atomic mass is 10.2. The molecule has 0 aliphatic heterocycles. The molecule has 1 amide bonds. The molecule has 1 heterocycles. The maximum absolute atomic E-state index is 13.3. The van der Waals surface area contributed by atoms with Gasteiger partial charge in [0, 0.05) is 12.6 Å². The summed E-state index contributed by atoms with van der Waals surface area (Å²) < 4.78 is 53.7. The summed E-state index contributed by atoms with van der Waals surface area (Å²) in [5.74, 6) is -1.76. The highest BCUT2D eigenvalue weighted by Crippen LogP contribution is 2.32. The maximum Gasteiger partial charge on any atom is 0.435 e. The number of halogens is 4. The molecule has 0 radical (unpaired) electrons. The van der Waals surface area contributed by atoms with Crippen LogP contribution in [0.5, 0.6) is 0 Å². The Morgan fingerprint density at radius 1 is 1.42 bits per heavy atom. The molecule has 0 aliphatic carbocycles. The lowest BCUT2D eigenvalue weighted by molar-refractivity contribution is -0.143. The molecule has 24 heavy (non-hydrogen) atoms. The van der Waals surface area contributed by atoms with Crippen LogP contribution in [0, 0.1) is 5.82 Å². The lowest BCUT2D eigenvalue weighted by Gasteiger charge is -2.11. The van der Waals surface area contributed by atoms with Crippen molar-refractivity contribution in [2.24, 2.45) is 5.73 Å². The van der Waals surface area contributed by atoms with Crippen molar-refractivity contribution >= 4 is 5.91 Å². The molecule has 0 saturated carbocycles. The number of rotatable bonds is 5. The van der Waals surface area contributed by atoms with Gasteiger partial charge in [-0.25, -0.2) is 9.07 Å². The number of nitrogens with zero attached hydrogens (tertiary/aromatic N) is 3. The third-order valence-electron chi connectivity index (χ3n) is 3.09. The molecule has 0 aliphatic rings. The Bertz CT molecular complexity index is 726. The van der Waals surface area contributed by atoms with Gasteiger partial charge in [-0.15, -0.1) is 5.10 Å². The average Bonchev–Trinajstić information content (AvgIpc) is 2.91. The highest BCUT2D eigenvalue weighted by atomic mass is 19.4. The van der Waals surface area contributed by atoms with Crippen LogP contribution in [-0.4, -0.2) is 33.5 Å². The van der Waals surface area contributed by atoms with Crippen LogP contribution in [-0.2, 0) is 6.18 Å². The second kappa shape index (κ2) is 6.95. The molecule has 6 nitrogen and oxygen atoms in total. The molecule has 0 spiro atoms. The van der Waals surface area contributed by atoms with Crippen LogP contribution in [0.2, 0.25) is 0 Å². The number of hydrogen-bond donors (Lipinski definition) is 2. The monoisotopic (exact) mass is 345 g/mol. The number of nitrogens with two attached hydrogens (primary N) is 1. The number of aromatic nitrogens is 3. The molecular formula is C14H15F4N5O. The SMILES string of the molecule is CC(N)CCNC(=O)c1nnn(-c2cccc(F)c2)c1C(F)(F)F. The van der Waals surface area contributed by atoms with E-state index >= 15 is 0 Å². The zero-order chi connectivity index (χ0) is 17.9. The summed E-state index contributed by atoms with van der Waals surface area (Å²) in [7, 11) is 0. The fourth-order valence-electron chi connectivity index (χ4n) is 1.97. The number of carbonyl (C=O) groups is 1. The van der Waals surface area contributed by atoms with Gasteiger partial charge in [0.1, 0.15) is 5.82 Å². The Hall–Kier alpha value is -2.49. The van der Waals surface area contributed by atoms with Crippen molar-refractivity contribution in [1.29, 1.82) is 0 Å². The quantitative estimate of drug-likeness (QED) is 0.811. The van der Waals surface area contributed by atoms with E-state index in [0.29, 0.717) is 11.1 Å². The van der Waals surface area contributed by atoms with E-state index in [4.69, 9.17) is 5.73 Å². The molecule has 130 valence electrons. The Balaban J connectivity index is 2.38.